The van der Waals surface area contributed by atoms with Crippen LogP contribution in [0.15, 0.2) is 30.6 Å². The zero-order chi connectivity index (χ0) is 19.0. The molecule has 1 aliphatic heterocycles. The summed E-state index contributed by atoms with van der Waals surface area (Å²) in [7, 11) is 0. The van der Waals surface area contributed by atoms with Crippen LogP contribution in [-0.2, 0) is 0 Å². The molecule has 1 fully saturated rings. The van der Waals surface area contributed by atoms with Crippen molar-refractivity contribution in [3.63, 3.8) is 0 Å². The predicted octanol–water partition coefficient (Wildman–Crippen LogP) is 2.13. The van der Waals surface area contributed by atoms with E-state index < -0.39 is 4.92 Å². The van der Waals surface area contributed by atoms with Crippen molar-refractivity contribution in [2.75, 3.05) is 32.7 Å². The van der Waals surface area contributed by atoms with Crippen molar-refractivity contribution in [3.05, 3.63) is 51.1 Å². The minimum Gasteiger partial charge on any atom is -0.492 e. The number of piperazine rings is 1. The van der Waals surface area contributed by atoms with Crippen molar-refractivity contribution in [2.45, 2.75) is 13.0 Å². The number of nitro groups is 1. The third-order valence-electron chi connectivity index (χ3n) is 5.00. The fourth-order valence-electron chi connectivity index (χ4n) is 3.55. The molecule has 1 atom stereocenters. The van der Waals surface area contributed by atoms with Crippen LogP contribution in [0.3, 0.4) is 0 Å². The molecule has 1 N–H and O–H groups in total. The molecule has 27 heavy (non-hydrogen) atoms. The molecule has 142 valence electrons. The Kier molecular flexibility index (Phi) is 4.77. The van der Waals surface area contributed by atoms with Crippen molar-refractivity contribution in [3.8, 4) is 5.88 Å². The van der Waals surface area contributed by atoms with Crippen LogP contribution >= 0.6 is 11.3 Å². The molecule has 1 unspecified atom stereocenters. The Labute approximate surface area is 159 Å². The lowest BCUT2D eigenvalue weighted by molar-refractivity contribution is -0.384. The third kappa shape index (κ3) is 3.27. The molecular weight excluding hydrogens is 368 g/mol. The van der Waals surface area contributed by atoms with E-state index in [-0.39, 0.29) is 17.6 Å². The van der Waals surface area contributed by atoms with Crippen molar-refractivity contribution in [1.29, 1.82) is 0 Å². The first-order valence-electron chi connectivity index (χ1n) is 8.80. The summed E-state index contributed by atoms with van der Waals surface area (Å²) in [6.07, 6.45) is 1.40. The van der Waals surface area contributed by atoms with E-state index in [9.17, 15) is 15.2 Å². The molecule has 0 aliphatic carbocycles. The van der Waals surface area contributed by atoms with Gasteiger partial charge in [0.1, 0.15) is 6.33 Å². The minimum absolute atomic E-state index is 0.0435. The van der Waals surface area contributed by atoms with Crippen LogP contribution in [0.25, 0.3) is 4.96 Å². The van der Waals surface area contributed by atoms with Crippen LogP contribution in [0.5, 0.6) is 5.88 Å². The lowest BCUT2D eigenvalue weighted by Crippen LogP contribution is -2.47. The first-order valence-corrected chi connectivity index (χ1v) is 9.62. The molecule has 10 heteroatoms. The van der Waals surface area contributed by atoms with Crippen LogP contribution in [0, 0.1) is 10.1 Å². The number of non-ortho nitro benzene ring substituents is 1. The zero-order valence-corrected chi connectivity index (χ0v) is 15.7. The van der Waals surface area contributed by atoms with Gasteiger partial charge in [-0.1, -0.05) is 30.4 Å². The highest BCUT2D eigenvalue weighted by atomic mass is 32.1. The van der Waals surface area contributed by atoms with Crippen LogP contribution in [0.2, 0.25) is 0 Å². The van der Waals surface area contributed by atoms with Gasteiger partial charge in [-0.2, -0.15) is 9.61 Å². The molecule has 0 bridgehead atoms. The molecule has 0 spiro atoms. The van der Waals surface area contributed by atoms with Gasteiger partial charge < -0.3 is 10.0 Å². The van der Waals surface area contributed by atoms with Gasteiger partial charge >= 0.3 is 0 Å². The summed E-state index contributed by atoms with van der Waals surface area (Å²) in [6, 6.07) is 6.36. The second kappa shape index (κ2) is 7.22. The van der Waals surface area contributed by atoms with Gasteiger partial charge in [-0.05, 0) is 12.1 Å². The van der Waals surface area contributed by atoms with Gasteiger partial charge in [0.05, 0.1) is 15.8 Å². The van der Waals surface area contributed by atoms with E-state index >= 15 is 0 Å². The number of nitrogens with zero attached hydrogens (tertiary/aromatic N) is 6. The smallest absolute Gasteiger partial charge is 0.269 e. The number of rotatable bonds is 5. The third-order valence-corrected chi connectivity index (χ3v) is 6.09. The van der Waals surface area contributed by atoms with Crippen molar-refractivity contribution < 1.29 is 10.0 Å². The average molecular weight is 388 g/mol. The Bertz CT molecular complexity index is 963. The molecule has 9 nitrogen and oxygen atoms in total. The zero-order valence-electron chi connectivity index (χ0n) is 14.9. The van der Waals surface area contributed by atoms with Crippen LogP contribution in [0.1, 0.15) is 23.4 Å². The summed E-state index contributed by atoms with van der Waals surface area (Å²) in [6.45, 7) is 6.60. The van der Waals surface area contributed by atoms with Gasteiger partial charge in [-0.25, -0.2) is 4.98 Å². The molecule has 0 amide bonds. The van der Waals surface area contributed by atoms with E-state index in [1.54, 1.807) is 12.1 Å². The lowest BCUT2D eigenvalue weighted by Gasteiger charge is -2.38. The molecule has 2 aromatic heterocycles. The maximum atomic E-state index is 11.3. The highest BCUT2D eigenvalue weighted by Gasteiger charge is 2.31. The maximum Gasteiger partial charge on any atom is 0.269 e. The summed E-state index contributed by atoms with van der Waals surface area (Å²) >= 11 is 1.36. The average Bonchev–Trinajstić information content (AvgIpc) is 3.26. The molecule has 3 heterocycles. The molecule has 0 saturated carbocycles. The molecule has 4 rings (SSSR count). The van der Waals surface area contributed by atoms with Gasteiger partial charge in [0.15, 0.2) is 0 Å². The molecule has 0 radical (unpaired) electrons. The van der Waals surface area contributed by atoms with Crippen LogP contribution < -0.4 is 0 Å². The molecule has 1 aliphatic rings. The number of hydrogen-bond donors (Lipinski definition) is 1. The van der Waals surface area contributed by atoms with E-state index in [4.69, 9.17) is 0 Å². The summed E-state index contributed by atoms with van der Waals surface area (Å²) in [5, 5.41) is 26.0. The van der Waals surface area contributed by atoms with E-state index in [1.165, 1.54) is 28.2 Å². The fourth-order valence-corrected chi connectivity index (χ4v) is 4.64. The Hall–Kier alpha value is -2.56. The van der Waals surface area contributed by atoms with E-state index in [0.29, 0.717) is 9.84 Å². The Morgan fingerprint density at radius 2 is 2.11 bits per heavy atom. The summed E-state index contributed by atoms with van der Waals surface area (Å²) < 4.78 is 1.41. The van der Waals surface area contributed by atoms with E-state index in [2.05, 4.69) is 26.8 Å². The molecule has 1 saturated heterocycles. The Balaban J connectivity index is 1.78. The van der Waals surface area contributed by atoms with Crippen LogP contribution in [0.4, 0.5) is 5.69 Å². The van der Waals surface area contributed by atoms with Gasteiger partial charge in [0, 0.05) is 38.3 Å². The van der Waals surface area contributed by atoms with Gasteiger partial charge in [-0.3, -0.25) is 15.0 Å². The first-order chi connectivity index (χ1) is 13.1. The largest absolute Gasteiger partial charge is 0.492 e. The topological polar surface area (TPSA) is 100 Å². The summed E-state index contributed by atoms with van der Waals surface area (Å²) in [5.41, 5.74) is 0.831. The minimum atomic E-state index is -0.391. The predicted molar refractivity (Wildman–Crippen MR) is 101 cm³/mol. The quantitative estimate of drug-likeness (QED) is 0.528. The Morgan fingerprint density at radius 1 is 1.33 bits per heavy atom. The molecule has 1 aromatic carbocycles. The number of fused-ring (bicyclic) bond motifs is 1. The van der Waals surface area contributed by atoms with Gasteiger partial charge in [0.25, 0.3) is 5.69 Å². The maximum absolute atomic E-state index is 11.3. The number of hydrogen-bond acceptors (Lipinski definition) is 8. The van der Waals surface area contributed by atoms with Gasteiger partial charge in [-0.15, -0.1) is 0 Å². The Morgan fingerprint density at radius 3 is 2.78 bits per heavy atom. The number of likely N-dealkylation sites (N-methyl/N-ethyl adjacent to an activating group) is 1. The van der Waals surface area contributed by atoms with E-state index in [0.717, 1.165) is 38.3 Å². The normalized spacial score (nSPS) is 17.4. The number of benzene rings is 1. The molecule has 3 aromatic rings. The fraction of sp³-hybridized carbons (Fsp3) is 0.412. The number of nitro benzene ring substituents is 1. The number of aromatic nitrogens is 3. The van der Waals surface area contributed by atoms with Crippen molar-refractivity contribution >= 4 is 22.0 Å². The second-order valence-electron chi connectivity index (χ2n) is 6.47. The van der Waals surface area contributed by atoms with Gasteiger partial charge in [0.2, 0.25) is 10.8 Å². The highest BCUT2D eigenvalue weighted by molar-refractivity contribution is 7.17. The van der Waals surface area contributed by atoms with Crippen LogP contribution in [-0.4, -0.2) is 67.2 Å². The standard InChI is InChI=1S/C17H20N6O3S/c1-2-20-6-8-21(9-7-20)14(12-4-3-5-13(10-12)23(25)26)15-16(24)22-17(27-15)18-11-19-22/h3-5,10-11,14,24H,2,6-9H2,1H3. The summed E-state index contributed by atoms with van der Waals surface area (Å²) in [4.78, 5) is 21.0. The number of thiazole rings is 1. The molecular formula is C17H20N6O3S. The monoisotopic (exact) mass is 388 g/mol. The number of aromatic hydroxyl groups is 1. The first kappa shape index (κ1) is 17.8. The second-order valence-corrected chi connectivity index (χ2v) is 7.48. The highest BCUT2D eigenvalue weighted by Crippen LogP contribution is 2.40. The summed E-state index contributed by atoms with van der Waals surface area (Å²) in [5.74, 6) is 0.0435. The SMILES string of the molecule is CCN1CCN(C(c2cccc([N+](=O)[O-])c2)c2sc3ncnn3c2O)CC1. The van der Waals surface area contributed by atoms with E-state index in [1.807, 2.05) is 6.07 Å². The van der Waals surface area contributed by atoms with Crippen molar-refractivity contribution in [1.82, 2.24) is 24.4 Å². The van der Waals surface area contributed by atoms with Crippen molar-refractivity contribution in [2.24, 2.45) is 0 Å². The lowest BCUT2D eigenvalue weighted by atomic mass is 10.0.